The van der Waals surface area contributed by atoms with Gasteiger partial charge in [-0.1, -0.05) is 0 Å². The van der Waals surface area contributed by atoms with E-state index in [1.54, 1.807) is 11.3 Å². The number of nitrogens with one attached hydrogen (secondary N) is 1. The topological polar surface area (TPSA) is 55.0 Å². The van der Waals surface area contributed by atoms with Crippen molar-refractivity contribution in [3.63, 3.8) is 0 Å². The molecule has 0 spiro atoms. The number of thiophene rings is 1. The molecule has 5 heteroatoms. The van der Waals surface area contributed by atoms with Crippen molar-refractivity contribution in [1.29, 1.82) is 0 Å². The van der Waals surface area contributed by atoms with Crippen LogP contribution < -0.4 is 10.3 Å². The van der Waals surface area contributed by atoms with Crippen LogP contribution in [0.3, 0.4) is 0 Å². The van der Waals surface area contributed by atoms with E-state index in [2.05, 4.69) is 9.97 Å². The van der Waals surface area contributed by atoms with Gasteiger partial charge in [0.25, 0.3) is 5.56 Å². The number of benzene rings is 1. The number of nitrogens with zero attached hydrogens (tertiary/aromatic N) is 1. The van der Waals surface area contributed by atoms with Crippen LogP contribution in [0.15, 0.2) is 29.1 Å². The molecule has 0 bridgehead atoms. The van der Waals surface area contributed by atoms with E-state index in [-0.39, 0.29) is 11.7 Å². The Morgan fingerprint density at radius 3 is 2.50 bits per heavy atom. The van der Waals surface area contributed by atoms with Crippen LogP contribution in [0.5, 0.6) is 5.75 Å². The summed E-state index contributed by atoms with van der Waals surface area (Å²) >= 11 is 1.56. The quantitative estimate of drug-likeness (QED) is 0.793. The zero-order valence-electron chi connectivity index (χ0n) is 13.1. The van der Waals surface area contributed by atoms with Gasteiger partial charge in [0.2, 0.25) is 0 Å². The average molecular weight is 314 g/mol. The number of ether oxygens (including phenoxy) is 1. The Kier molecular flexibility index (Phi) is 3.74. The second-order valence-corrected chi connectivity index (χ2v) is 6.77. The first-order chi connectivity index (χ1) is 10.5. The second kappa shape index (κ2) is 5.57. The molecule has 3 rings (SSSR count). The van der Waals surface area contributed by atoms with Crippen LogP contribution in [0.25, 0.3) is 21.6 Å². The molecule has 3 aromatic rings. The van der Waals surface area contributed by atoms with Gasteiger partial charge in [-0.2, -0.15) is 0 Å². The van der Waals surface area contributed by atoms with E-state index in [1.165, 1.54) is 0 Å². The molecule has 0 atom stereocenters. The monoisotopic (exact) mass is 314 g/mol. The second-order valence-electron chi connectivity index (χ2n) is 5.57. The molecule has 0 fully saturated rings. The maximum absolute atomic E-state index is 12.3. The summed E-state index contributed by atoms with van der Waals surface area (Å²) in [5.41, 5.74) is 1.81. The number of hydrogen-bond acceptors (Lipinski definition) is 4. The van der Waals surface area contributed by atoms with Gasteiger partial charge in [0, 0.05) is 10.4 Å². The highest BCUT2D eigenvalue weighted by Gasteiger charge is 2.12. The molecule has 0 radical (unpaired) electrons. The van der Waals surface area contributed by atoms with Gasteiger partial charge in [-0.05, 0) is 57.5 Å². The molecule has 114 valence electrons. The summed E-state index contributed by atoms with van der Waals surface area (Å²) in [6, 6.07) is 7.61. The third-order valence-electron chi connectivity index (χ3n) is 3.54. The van der Waals surface area contributed by atoms with Crippen molar-refractivity contribution in [2.75, 3.05) is 0 Å². The molecule has 0 saturated heterocycles. The lowest BCUT2D eigenvalue weighted by Crippen LogP contribution is -2.09. The maximum Gasteiger partial charge on any atom is 0.260 e. The van der Waals surface area contributed by atoms with Crippen molar-refractivity contribution < 1.29 is 4.74 Å². The smallest absolute Gasteiger partial charge is 0.260 e. The summed E-state index contributed by atoms with van der Waals surface area (Å²) in [6.45, 7) is 7.95. The molecule has 4 nitrogen and oxygen atoms in total. The fourth-order valence-corrected chi connectivity index (χ4v) is 3.38. The number of hydrogen-bond donors (Lipinski definition) is 1. The minimum atomic E-state index is -0.0793. The van der Waals surface area contributed by atoms with Crippen molar-refractivity contribution in [2.24, 2.45) is 0 Å². The van der Waals surface area contributed by atoms with Gasteiger partial charge in [0.1, 0.15) is 16.4 Å². The average Bonchev–Trinajstić information content (AvgIpc) is 2.74. The predicted octanol–water partition coefficient (Wildman–Crippen LogP) is 4.06. The number of aromatic amines is 1. The molecule has 0 aliphatic carbocycles. The number of aryl methyl sites for hydroxylation is 2. The molecule has 22 heavy (non-hydrogen) atoms. The zero-order valence-corrected chi connectivity index (χ0v) is 13.9. The SMILES string of the molecule is Cc1sc2nc(-c3ccc(OC(C)C)cc3)[nH]c(=O)c2c1C. The van der Waals surface area contributed by atoms with E-state index in [0.29, 0.717) is 11.2 Å². The maximum atomic E-state index is 12.3. The zero-order chi connectivity index (χ0) is 15.9. The summed E-state index contributed by atoms with van der Waals surface area (Å²) in [6.07, 6.45) is 0.136. The molecule has 0 amide bonds. The normalized spacial score (nSPS) is 11.3. The fraction of sp³-hybridized carbons (Fsp3) is 0.294. The predicted molar refractivity (Wildman–Crippen MR) is 90.9 cm³/mol. The minimum Gasteiger partial charge on any atom is -0.491 e. The Hall–Kier alpha value is -2.14. The highest BCUT2D eigenvalue weighted by atomic mass is 32.1. The molecule has 0 saturated carbocycles. The number of fused-ring (bicyclic) bond motifs is 1. The van der Waals surface area contributed by atoms with Crippen molar-refractivity contribution in [3.05, 3.63) is 45.1 Å². The first-order valence-electron chi connectivity index (χ1n) is 7.23. The summed E-state index contributed by atoms with van der Waals surface area (Å²) in [5.74, 6) is 1.40. The molecule has 1 N–H and O–H groups in total. The first-order valence-corrected chi connectivity index (χ1v) is 8.04. The molecule has 1 aromatic carbocycles. The first kappa shape index (κ1) is 14.8. The standard InChI is InChI=1S/C17H18N2O2S/c1-9(2)21-13-7-5-12(6-8-13)15-18-16(20)14-10(3)11(4)22-17(14)19-15/h5-9H,1-4H3,(H,18,19,20). The Bertz CT molecular complexity index is 876. The number of aromatic nitrogens is 2. The Morgan fingerprint density at radius 2 is 1.86 bits per heavy atom. The lowest BCUT2D eigenvalue weighted by Gasteiger charge is -2.09. The van der Waals surface area contributed by atoms with Gasteiger partial charge in [-0.25, -0.2) is 4.98 Å². The Labute approximate surface area is 132 Å². The van der Waals surface area contributed by atoms with Crippen LogP contribution in [-0.4, -0.2) is 16.1 Å². The highest BCUT2D eigenvalue weighted by molar-refractivity contribution is 7.18. The van der Waals surface area contributed by atoms with E-state index in [1.807, 2.05) is 52.0 Å². The number of rotatable bonds is 3. The van der Waals surface area contributed by atoms with Crippen molar-refractivity contribution >= 4 is 21.6 Å². The van der Waals surface area contributed by atoms with Gasteiger partial charge in [-0.15, -0.1) is 11.3 Å². The largest absolute Gasteiger partial charge is 0.491 e. The Balaban J connectivity index is 2.05. The molecule has 2 heterocycles. The summed E-state index contributed by atoms with van der Waals surface area (Å²) in [5, 5.41) is 0.700. The summed E-state index contributed by atoms with van der Waals surface area (Å²) in [7, 11) is 0. The Morgan fingerprint density at radius 1 is 1.18 bits per heavy atom. The van der Waals surface area contributed by atoms with Gasteiger partial charge in [0.15, 0.2) is 0 Å². The third-order valence-corrected chi connectivity index (χ3v) is 4.64. The van der Waals surface area contributed by atoms with Gasteiger partial charge in [0.05, 0.1) is 11.5 Å². The van der Waals surface area contributed by atoms with Crippen LogP contribution in [-0.2, 0) is 0 Å². The molecule has 0 aliphatic heterocycles. The van der Waals surface area contributed by atoms with Crippen LogP contribution in [0, 0.1) is 13.8 Å². The van der Waals surface area contributed by atoms with Gasteiger partial charge in [-0.3, -0.25) is 4.79 Å². The minimum absolute atomic E-state index is 0.0793. The van der Waals surface area contributed by atoms with Gasteiger partial charge < -0.3 is 9.72 Å². The third kappa shape index (κ3) is 2.64. The lowest BCUT2D eigenvalue weighted by molar-refractivity contribution is 0.242. The molecular weight excluding hydrogens is 296 g/mol. The molecule has 0 unspecified atom stereocenters. The van der Waals surface area contributed by atoms with E-state index < -0.39 is 0 Å². The summed E-state index contributed by atoms with van der Waals surface area (Å²) < 4.78 is 5.63. The van der Waals surface area contributed by atoms with Gasteiger partial charge >= 0.3 is 0 Å². The molecule has 0 aliphatic rings. The number of H-pyrrole nitrogens is 1. The molecular formula is C17H18N2O2S. The highest BCUT2D eigenvalue weighted by Crippen LogP contribution is 2.28. The van der Waals surface area contributed by atoms with Crippen LogP contribution in [0.4, 0.5) is 0 Å². The van der Waals surface area contributed by atoms with Crippen molar-refractivity contribution in [3.8, 4) is 17.1 Å². The van der Waals surface area contributed by atoms with E-state index >= 15 is 0 Å². The fourth-order valence-electron chi connectivity index (χ4n) is 2.35. The molecule has 2 aromatic heterocycles. The van der Waals surface area contributed by atoms with Crippen LogP contribution in [0.1, 0.15) is 24.3 Å². The van der Waals surface area contributed by atoms with Crippen LogP contribution in [0.2, 0.25) is 0 Å². The summed E-state index contributed by atoms with van der Waals surface area (Å²) in [4.78, 5) is 21.7. The van der Waals surface area contributed by atoms with E-state index in [9.17, 15) is 4.79 Å². The lowest BCUT2D eigenvalue weighted by atomic mass is 10.2. The van der Waals surface area contributed by atoms with E-state index in [4.69, 9.17) is 4.74 Å². The van der Waals surface area contributed by atoms with Crippen molar-refractivity contribution in [2.45, 2.75) is 33.8 Å². The van der Waals surface area contributed by atoms with Crippen molar-refractivity contribution in [1.82, 2.24) is 9.97 Å². The van der Waals surface area contributed by atoms with E-state index in [0.717, 1.165) is 26.6 Å². The van der Waals surface area contributed by atoms with Crippen LogP contribution >= 0.6 is 11.3 Å².